The van der Waals surface area contributed by atoms with Crippen LogP contribution >= 0.6 is 15.9 Å². The van der Waals surface area contributed by atoms with Crippen LogP contribution in [0.3, 0.4) is 0 Å². The van der Waals surface area contributed by atoms with Gasteiger partial charge in [0.25, 0.3) is 11.6 Å². The molecule has 35 heavy (non-hydrogen) atoms. The molecule has 0 saturated carbocycles. The number of non-ortho nitro benzene ring substituents is 1. The van der Waals surface area contributed by atoms with Crippen LogP contribution in [-0.2, 0) is 14.9 Å². The number of anilines is 1. The van der Waals surface area contributed by atoms with Gasteiger partial charge in [0.05, 0.1) is 12.0 Å². The van der Waals surface area contributed by atoms with E-state index < -0.39 is 31.5 Å². The first-order chi connectivity index (χ1) is 16.6. The van der Waals surface area contributed by atoms with Crippen LogP contribution in [0.25, 0.3) is 6.08 Å². The molecule has 0 aliphatic rings. The number of nitro groups is 1. The van der Waals surface area contributed by atoms with Crippen molar-refractivity contribution < 1.29 is 27.1 Å². The van der Waals surface area contributed by atoms with E-state index in [0.717, 1.165) is 18.2 Å². The molecule has 3 rings (SSSR count). The summed E-state index contributed by atoms with van der Waals surface area (Å²) in [6.07, 6.45) is 1.17. The number of carbonyl (C=O) groups is 1. The van der Waals surface area contributed by atoms with Crippen molar-refractivity contribution in [1.82, 2.24) is 0 Å². The molecule has 0 saturated heterocycles. The van der Waals surface area contributed by atoms with Gasteiger partial charge in [-0.2, -0.15) is 13.7 Å². The summed E-state index contributed by atoms with van der Waals surface area (Å²) in [4.78, 5) is 22.5. The highest BCUT2D eigenvalue weighted by molar-refractivity contribution is 9.10. The molecule has 3 aromatic rings. The number of nitro benzene ring substituents is 1. The maximum absolute atomic E-state index is 12.8. The monoisotopic (exact) mass is 557 g/mol. The highest BCUT2D eigenvalue weighted by atomic mass is 79.9. The summed E-state index contributed by atoms with van der Waals surface area (Å²) >= 11 is 3.26. The van der Waals surface area contributed by atoms with Crippen LogP contribution in [-0.4, -0.2) is 26.4 Å². The number of nitrogens with zero attached hydrogens (tertiary/aromatic N) is 2. The molecule has 0 aliphatic heterocycles. The molecule has 0 aromatic heterocycles. The number of carbonyl (C=O) groups excluding carboxylic acids is 1. The number of halogens is 1. The van der Waals surface area contributed by atoms with E-state index >= 15 is 0 Å². The van der Waals surface area contributed by atoms with Crippen molar-refractivity contribution in [3.05, 3.63) is 92.5 Å². The van der Waals surface area contributed by atoms with Gasteiger partial charge in [-0.3, -0.25) is 14.9 Å². The Morgan fingerprint density at radius 2 is 1.86 bits per heavy atom. The van der Waals surface area contributed by atoms with Crippen LogP contribution in [0.2, 0.25) is 0 Å². The minimum atomic E-state index is -4.47. The van der Waals surface area contributed by atoms with Gasteiger partial charge in [0, 0.05) is 27.9 Å². The van der Waals surface area contributed by atoms with Crippen molar-refractivity contribution in [1.29, 1.82) is 5.26 Å². The molecule has 10 nitrogen and oxygen atoms in total. The van der Waals surface area contributed by atoms with E-state index in [-0.39, 0.29) is 16.9 Å². The van der Waals surface area contributed by atoms with E-state index in [9.17, 15) is 28.6 Å². The van der Waals surface area contributed by atoms with Crippen LogP contribution in [0.4, 0.5) is 11.4 Å². The highest BCUT2D eigenvalue weighted by Crippen LogP contribution is 2.29. The highest BCUT2D eigenvalue weighted by Gasteiger charge is 2.22. The van der Waals surface area contributed by atoms with Crippen LogP contribution in [0, 0.1) is 21.4 Å². The van der Waals surface area contributed by atoms with E-state index in [4.69, 9.17) is 8.92 Å². The molecule has 12 heteroatoms. The Labute approximate surface area is 208 Å². The van der Waals surface area contributed by atoms with Crippen molar-refractivity contribution in [2.75, 3.05) is 12.4 Å². The lowest BCUT2D eigenvalue weighted by Crippen LogP contribution is -2.14. The quantitative estimate of drug-likeness (QED) is 0.138. The molecule has 0 heterocycles. The van der Waals surface area contributed by atoms with Gasteiger partial charge in [-0.1, -0.05) is 22.0 Å². The summed E-state index contributed by atoms with van der Waals surface area (Å²) in [5, 5.41) is 23.1. The predicted molar refractivity (Wildman–Crippen MR) is 130 cm³/mol. The largest absolute Gasteiger partial charge is 0.497 e. The molecule has 0 fully saturated rings. The standard InChI is InChI=1S/C23H16BrN3O7S/c1-33-20-8-6-18(7-9-20)26-23(28)16(14-25)11-15-12-17(24)5-10-22(15)34-35(31,32)21-4-2-3-19(13-21)27(29)30/h2-13H,1H3,(H,26,28)/b16-11+. The molecular formula is C23H16BrN3O7S. The average Bonchev–Trinajstić information content (AvgIpc) is 2.84. The first-order valence-electron chi connectivity index (χ1n) is 9.68. The lowest BCUT2D eigenvalue weighted by Gasteiger charge is -2.11. The van der Waals surface area contributed by atoms with Crippen LogP contribution < -0.4 is 14.2 Å². The molecule has 0 bridgehead atoms. The van der Waals surface area contributed by atoms with Gasteiger partial charge < -0.3 is 14.2 Å². The minimum Gasteiger partial charge on any atom is -0.497 e. The van der Waals surface area contributed by atoms with E-state index in [0.29, 0.717) is 15.9 Å². The van der Waals surface area contributed by atoms with E-state index in [1.54, 1.807) is 30.3 Å². The van der Waals surface area contributed by atoms with Crippen molar-refractivity contribution >= 4 is 49.4 Å². The number of amides is 1. The zero-order valence-corrected chi connectivity index (χ0v) is 20.4. The van der Waals surface area contributed by atoms with Gasteiger partial charge in [-0.25, -0.2) is 0 Å². The molecule has 0 atom stereocenters. The average molecular weight is 558 g/mol. The Morgan fingerprint density at radius 1 is 1.14 bits per heavy atom. The van der Waals surface area contributed by atoms with Crippen LogP contribution in [0.5, 0.6) is 11.5 Å². The molecule has 0 unspecified atom stereocenters. The second kappa shape index (κ2) is 10.8. The number of benzene rings is 3. The van der Waals surface area contributed by atoms with Gasteiger partial charge in [0.1, 0.15) is 28.0 Å². The second-order valence-corrected chi connectivity index (χ2v) is 9.29. The summed E-state index contributed by atoms with van der Waals surface area (Å²) in [5.74, 6) is -0.338. The Bertz CT molecular complexity index is 1460. The summed E-state index contributed by atoms with van der Waals surface area (Å²) < 4.78 is 36.3. The first-order valence-corrected chi connectivity index (χ1v) is 11.9. The zero-order chi connectivity index (χ0) is 25.6. The van der Waals surface area contributed by atoms with Gasteiger partial charge in [-0.05, 0) is 54.6 Å². The zero-order valence-electron chi connectivity index (χ0n) is 18.0. The van der Waals surface area contributed by atoms with E-state index in [2.05, 4.69) is 21.2 Å². The second-order valence-electron chi connectivity index (χ2n) is 6.83. The number of ether oxygens (including phenoxy) is 1. The maximum Gasteiger partial charge on any atom is 0.339 e. The van der Waals surface area contributed by atoms with Crippen molar-refractivity contribution in [2.24, 2.45) is 0 Å². The van der Waals surface area contributed by atoms with Crippen molar-refractivity contribution in [2.45, 2.75) is 4.90 Å². The number of nitrogens with one attached hydrogen (secondary N) is 1. The summed E-state index contributed by atoms with van der Waals surface area (Å²) in [7, 11) is -2.97. The maximum atomic E-state index is 12.8. The number of methoxy groups -OCH3 is 1. The third-order valence-corrected chi connectivity index (χ3v) is 6.22. The van der Waals surface area contributed by atoms with Gasteiger partial charge in [0.2, 0.25) is 0 Å². The fraction of sp³-hybridized carbons (Fsp3) is 0.0435. The van der Waals surface area contributed by atoms with Crippen molar-refractivity contribution in [3.8, 4) is 17.6 Å². The molecule has 1 N–H and O–H groups in total. The lowest BCUT2D eigenvalue weighted by molar-refractivity contribution is -0.385. The third kappa shape index (κ3) is 6.44. The molecule has 3 aromatic carbocycles. The number of hydrogen-bond donors (Lipinski definition) is 1. The topological polar surface area (TPSA) is 149 Å². The van der Waals surface area contributed by atoms with Gasteiger partial charge >= 0.3 is 10.1 Å². The number of rotatable bonds is 8. The summed E-state index contributed by atoms with van der Waals surface area (Å²) in [6.45, 7) is 0. The number of nitriles is 1. The predicted octanol–water partition coefficient (Wildman–Crippen LogP) is 4.68. The SMILES string of the molecule is COc1ccc(NC(=O)/C(C#N)=C/c2cc(Br)ccc2OS(=O)(=O)c2cccc([N+](=O)[O-])c2)cc1. The Balaban J connectivity index is 1.93. The molecule has 1 amide bonds. The fourth-order valence-electron chi connectivity index (χ4n) is 2.80. The first kappa shape index (κ1) is 25.4. The van der Waals surface area contributed by atoms with Crippen LogP contribution in [0.15, 0.2) is 81.7 Å². The van der Waals surface area contributed by atoms with Crippen LogP contribution in [0.1, 0.15) is 5.56 Å². The Morgan fingerprint density at radius 3 is 2.49 bits per heavy atom. The lowest BCUT2D eigenvalue weighted by atomic mass is 10.1. The Kier molecular flexibility index (Phi) is 7.85. The normalized spacial score (nSPS) is 11.3. The van der Waals surface area contributed by atoms with Crippen molar-refractivity contribution in [3.63, 3.8) is 0 Å². The smallest absolute Gasteiger partial charge is 0.339 e. The van der Waals surface area contributed by atoms with Gasteiger partial charge in [-0.15, -0.1) is 0 Å². The molecule has 0 aliphatic carbocycles. The number of hydrogen-bond acceptors (Lipinski definition) is 8. The molecule has 0 radical (unpaired) electrons. The third-order valence-electron chi connectivity index (χ3n) is 4.50. The van der Waals surface area contributed by atoms with Gasteiger partial charge in [0.15, 0.2) is 0 Å². The summed E-state index contributed by atoms with van der Waals surface area (Å²) in [5.41, 5.74) is -0.227. The Hall–Kier alpha value is -4.21. The molecule has 0 spiro atoms. The molecular weight excluding hydrogens is 542 g/mol. The summed E-state index contributed by atoms with van der Waals surface area (Å²) in [6, 6.07) is 16.9. The fourth-order valence-corrected chi connectivity index (χ4v) is 4.18. The van der Waals surface area contributed by atoms with E-state index in [1.165, 1.54) is 37.5 Å². The minimum absolute atomic E-state index is 0.106. The van der Waals surface area contributed by atoms with E-state index in [1.807, 2.05) is 0 Å². The molecule has 178 valence electrons.